The Morgan fingerprint density at radius 2 is 1.82 bits per heavy atom. The van der Waals surface area contributed by atoms with Crippen LogP contribution in [0.2, 0.25) is 0 Å². The van der Waals surface area contributed by atoms with Crippen LogP contribution in [0.1, 0.15) is 60.9 Å². The first-order valence-corrected chi connectivity index (χ1v) is 12.8. The van der Waals surface area contributed by atoms with Gasteiger partial charge >= 0.3 is 0 Å². The number of anilines is 1. The van der Waals surface area contributed by atoms with Crippen molar-refractivity contribution in [3.63, 3.8) is 0 Å². The Morgan fingerprint density at radius 3 is 2.50 bits per heavy atom. The average Bonchev–Trinajstić information content (AvgIpc) is 3.59. The highest BCUT2D eigenvalue weighted by atomic mass is 16.5. The largest absolute Gasteiger partial charge is 0.369 e. The maximum Gasteiger partial charge on any atom is 0.249 e. The normalized spacial score (nSPS) is 26.8. The fourth-order valence-corrected chi connectivity index (χ4v) is 6.45. The first-order valence-electron chi connectivity index (χ1n) is 12.8. The van der Waals surface area contributed by atoms with Gasteiger partial charge in [0.25, 0.3) is 0 Å². The highest BCUT2D eigenvalue weighted by molar-refractivity contribution is 5.99. The Labute approximate surface area is 201 Å². The number of hydrogen-bond acceptors (Lipinski definition) is 6. The summed E-state index contributed by atoms with van der Waals surface area (Å²) in [5, 5.41) is 0. The van der Waals surface area contributed by atoms with Crippen molar-refractivity contribution in [2.75, 3.05) is 50.8 Å². The summed E-state index contributed by atoms with van der Waals surface area (Å²) in [7, 11) is 0. The number of ketones is 1. The van der Waals surface area contributed by atoms with Crippen LogP contribution in [-0.2, 0) is 14.3 Å². The summed E-state index contributed by atoms with van der Waals surface area (Å²) in [6.07, 6.45) is 4.53. The third-order valence-electron chi connectivity index (χ3n) is 8.35. The number of amides is 2. The van der Waals surface area contributed by atoms with Gasteiger partial charge in [-0.25, -0.2) is 0 Å². The van der Waals surface area contributed by atoms with Crippen molar-refractivity contribution in [1.29, 1.82) is 0 Å². The third-order valence-corrected chi connectivity index (χ3v) is 8.35. The molecule has 3 heterocycles. The van der Waals surface area contributed by atoms with E-state index < -0.39 is 17.9 Å². The topological polar surface area (TPSA) is 96.2 Å². The molecule has 3 aliphatic heterocycles. The van der Waals surface area contributed by atoms with Crippen LogP contribution in [0.3, 0.4) is 0 Å². The minimum Gasteiger partial charge on any atom is -0.369 e. The van der Waals surface area contributed by atoms with E-state index in [0.29, 0.717) is 18.5 Å². The summed E-state index contributed by atoms with van der Waals surface area (Å²) >= 11 is 0. The number of likely N-dealkylation sites (N-methyl/N-ethyl adjacent to an activating group) is 1. The number of fused-ring (bicyclic) bond motifs is 1. The molecule has 1 aromatic rings. The van der Waals surface area contributed by atoms with Crippen molar-refractivity contribution in [2.24, 2.45) is 11.7 Å². The number of nitrogens with zero attached hydrogens (tertiary/aromatic N) is 3. The average molecular weight is 469 g/mol. The Kier molecular flexibility index (Phi) is 6.62. The fraction of sp³-hybridized carbons (Fsp3) is 0.654. The SMILES string of the molecule is CCN1CCN(c2ccc(C(N)=O)c([C@@H](C(=O)N3CC[C@H]4OCC(=O)[C@H]43)C3CCCC3)c2)CC1. The summed E-state index contributed by atoms with van der Waals surface area (Å²) in [5.41, 5.74) is 8.01. The molecule has 0 radical (unpaired) electrons. The van der Waals surface area contributed by atoms with E-state index >= 15 is 0 Å². The second-order valence-electron chi connectivity index (χ2n) is 10.2. The van der Waals surface area contributed by atoms with Gasteiger partial charge in [-0.1, -0.05) is 19.8 Å². The predicted molar refractivity (Wildman–Crippen MR) is 129 cm³/mol. The summed E-state index contributed by atoms with van der Waals surface area (Å²) in [4.78, 5) is 45.6. The standard InChI is InChI=1S/C26H36N4O4/c1-2-28-11-13-29(14-12-28)18-7-8-19(25(27)32)20(15-18)23(17-5-3-4-6-17)26(33)30-10-9-22-24(30)21(31)16-34-22/h7-8,15,17,22-24H,2-6,9-14,16H2,1H3,(H2,27,32)/t22-,23+,24-/m1/s1. The van der Waals surface area contributed by atoms with Crippen LogP contribution in [-0.4, -0.2) is 85.4 Å². The lowest BCUT2D eigenvalue weighted by Crippen LogP contribution is -2.46. The summed E-state index contributed by atoms with van der Waals surface area (Å²) in [5.74, 6) is -0.886. The highest BCUT2D eigenvalue weighted by Gasteiger charge is 2.49. The zero-order valence-electron chi connectivity index (χ0n) is 20.1. The lowest BCUT2D eigenvalue weighted by Gasteiger charge is -2.36. The Morgan fingerprint density at radius 1 is 1.09 bits per heavy atom. The first kappa shape index (κ1) is 23.3. The van der Waals surface area contributed by atoms with E-state index in [2.05, 4.69) is 16.7 Å². The van der Waals surface area contributed by atoms with Gasteiger partial charge in [-0.15, -0.1) is 0 Å². The number of piperazine rings is 1. The predicted octanol–water partition coefficient (Wildman–Crippen LogP) is 1.77. The molecule has 3 atom stereocenters. The zero-order chi connectivity index (χ0) is 23.8. The number of benzene rings is 1. The smallest absolute Gasteiger partial charge is 0.249 e. The van der Waals surface area contributed by atoms with Gasteiger partial charge in [0.05, 0.1) is 12.0 Å². The number of likely N-dealkylation sites (tertiary alicyclic amines) is 1. The number of primary amides is 1. The lowest BCUT2D eigenvalue weighted by atomic mass is 9.80. The van der Waals surface area contributed by atoms with Crippen LogP contribution < -0.4 is 10.6 Å². The van der Waals surface area contributed by atoms with Gasteiger partial charge in [0.2, 0.25) is 11.8 Å². The van der Waals surface area contributed by atoms with Crippen LogP contribution in [0.4, 0.5) is 5.69 Å². The van der Waals surface area contributed by atoms with E-state index in [-0.39, 0.29) is 30.3 Å². The number of ether oxygens (including phenoxy) is 1. The van der Waals surface area contributed by atoms with E-state index in [1.165, 1.54) is 0 Å². The Bertz CT molecular complexity index is 952. The molecule has 0 aromatic heterocycles. The van der Waals surface area contributed by atoms with Crippen molar-refractivity contribution < 1.29 is 19.1 Å². The van der Waals surface area contributed by atoms with Gasteiger partial charge in [0.1, 0.15) is 12.6 Å². The molecule has 5 rings (SSSR count). The molecule has 1 saturated carbocycles. The van der Waals surface area contributed by atoms with Crippen molar-refractivity contribution in [3.05, 3.63) is 29.3 Å². The number of carbonyl (C=O) groups is 3. The molecule has 3 saturated heterocycles. The van der Waals surface area contributed by atoms with Crippen LogP contribution in [0.25, 0.3) is 0 Å². The van der Waals surface area contributed by atoms with Gasteiger partial charge in [-0.05, 0) is 55.5 Å². The highest BCUT2D eigenvalue weighted by Crippen LogP contribution is 2.42. The fourth-order valence-electron chi connectivity index (χ4n) is 6.45. The van der Waals surface area contributed by atoms with Gasteiger partial charge in [0, 0.05) is 44.0 Å². The van der Waals surface area contributed by atoms with Gasteiger partial charge in [0.15, 0.2) is 5.78 Å². The third kappa shape index (κ3) is 4.22. The number of hydrogen-bond donors (Lipinski definition) is 1. The maximum absolute atomic E-state index is 14.1. The number of rotatable bonds is 6. The van der Waals surface area contributed by atoms with E-state index in [1.54, 1.807) is 11.0 Å². The molecule has 184 valence electrons. The van der Waals surface area contributed by atoms with Crippen LogP contribution in [0, 0.1) is 5.92 Å². The van der Waals surface area contributed by atoms with Gasteiger partial charge in [-0.2, -0.15) is 0 Å². The van der Waals surface area contributed by atoms with Crippen LogP contribution >= 0.6 is 0 Å². The quantitative estimate of drug-likeness (QED) is 0.684. The number of nitrogens with two attached hydrogens (primary N) is 1. The molecule has 2 amide bonds. The molecular formula is C26H36N4O4. The van der Waals surface area contributed by atoms with E-state index in [0.717, 1.165) is 69.7 Å². The van der Waals surface area contributed by atoms with Crippen molar-refractivity contribution in [1.82, 2.24) is 9.80 Å². The van der Waals surface area contributed by atoms with Crippen molar-refractivity contribution in [2.45, 2.75) is 57.1 Å². The molecule has 4 aliphatic rings. The second-order valence-corrected chi connectivity index (χ2v) is 10.2. The van der Waals surface area contributed by atoms with Crippen LogP contribution in [0.5, 0.6) is 0 Å². The molecule has 4 fully saturated rings. The van der Waals surface area contributed by atoms with Crippen molar-refractivity contribution >= 4 is 23.3 Å². The van der Waals surface area contributed by atoms with E-state index in [4.69, 9.17) is 10.5 Å². The molecular weight excluding hydrogens is 432 g/mol. The Balaban J connectivity index is 1.50. The minimum atomic E-state index is -0.507. The lowest BCUT2D eigenvalue weighted by molar-refractivity contribution is -0.138. The molecule has 2 N–H and O–H groups in total. The molecule has 0 spiro atoms. The maximum atomic E-state index is 14.1. The molecule has 8 nitrogen and oxygen atoms in total. The van der Waals surface area contributed by atoms with E-state index in [1.807, 2.05) is 12.1 Å². The van der Waals surface area contributed by atoms with Gasteiger partial charge < -0.3 is 25.2 Å². The van der Waals surface area contributed by atoms with Crippen molar-refractivity contribution in [3.8, 4) is 0 Å². The number of Topliss-reactive ketones (excluding diaryl/α,β-unsaturated/α-hetero) is 1. The van der Waals surface area contributed by atoms with E-state index in [9.17, 15) is 14.4 Å². The summed E-state index contributed by atoms with van der Waals surface area (Å²) in [6, 6.07) is 5.30. The molecule has 0 bridgehead atoms. The van der Waals surface area contributed by atoms with Crippen LogP contribution in [0.15, 0.2) is 18.2 Å². The molecule has 1 aliphatic carbocycles. The molecule has 8 heteroatoms. The molecule has 0 unspecified atom stereocenters. The summed E-state index contributed by atoms with van der Waals surface area (Å²) in [6.45, 7) is 7.63. The zero-order valence-corrected chi connectivity index (χ0v) is 20.1. The first-order chi connectivity index (χ1) is 16.5. The second kappa shape index (κ2) is 9.66. The Hall–Kier alpha value is -2.45. The minimum absolute atomic E-state index is 0.0151. The molecule has 1 aromatic carbocycles. The summed E-state index contributed by atoms with van der Waals surface area (Å²) < 4.78 is 5.63. The molecule has 34 heavy (non-hydrogen) atoms. The number of carbonyl (C=O) groups excluding carboxylic acids is 3. The monoisotopic (exact) mass is 468 g/mol. The van der Waals surface area contributed by atoms with Gasteiger partial charge in [-0.3, -0.25) is 14.4 Å².